The molecule has 2 saturated heterocycles. The number of fused-ring (bicyclic) bond motifs is 1. The Hall–Kier alpha value is -0.900. The van der Waals surface area contributed by atoms with Crippen LogP contribution in [0.5, 0.6) is 0 Å². The monoisotopic (exact) mass is 156 g/mol. The molecule has 0 radical (unpaired) electrons. The van der Waals surface area contributed by atoms with Crippen molar-refractivity contribution in [3.05, 3.63) is 0 Å². The van der Waals surface area contributed by atoms with Gasteiger partial charge in [-0.05, 0) is 6.92 Å². The quantitative estimate of drug-likeness (QED) is 0.450. The maximum absolute atomic E-state index is 11.1. The number of Topliss-reactive ketones (excluding diaryl/α,β-unsaturated/α-hetero) is 1. The van der Waals surface area contributed by atoms with Gasteiger partial charge in [0.25, 0.3) is 0 Å². The van der Waals surface area contributed by atoms with Gasteiger partial charge in [0.2, 0.25) is 5.78 Å². The van der Waals surface area contributed by atoms with Gasteiger partial charge in [0.15, 0.2) is 5.60 Å². The topological polar surface area (TPSA) is 52.6 Å². The maximum atomic E-state index is 11.1. The Bertz CT molecular complexity index is 235. The van der Waals surface area contributed by atoms with Crippen LogP contribution in [-0.2, 0) is 19.1 Å². The molecule has 2 fully saturated rings. The summed E-state index contributed by atoms with van der Waals surface area (Å²) in [5.41, 5.74) is -0.975. The van der Waals surface area contributed by atoms with Gasteiger partial charge in [0, 0.05) is 0 Å². The number of hydrogen-bond acceptors (Lipinski definition) is 4. The Morgan fingerprint density at radius 3 is 2.91 bits per heavy atom. The lowest BCUT2D eigenvalue weighted by atomic mass is 9.98. The van der Waals surface area contributed by atoms with Crippen LogP contribution in [0.15, 0.2) is 0 Å². The molecule has 2 aliphatic rings. The maximum Gasteiger partial charge on any atom is 0.309 e. The molecule has 0 aliphatic carbocycles. The van der Waals surface area contributed by atoms with Crippen molar-refractivity contribution in [2.45, 2.75) is 25.0 Å². The molecule has 0 amide bonds. The molecule has 0 unspecified atom stereocenters. The van der Waals surface area contributed by atoms with Crippen LogP contribution in [-0.4, -0.2) is 30.1 Å². The highest BCUT2D eigenvalue weighted by atomic mass is 16.6. The van der Waals surface area contributed by atoms with Gasteiger partial charge in [-0.3, -0.25) is 9.59 Å². The Balaban J connectivity index is 2.33. The lowest BCUT2D eigenvalue weighted by Crippen LogP contribution is -2.38. The van der Waals surface area contributed by atoms with E-state index in [1.165, 1.54) is 0 Å². The third-order valence-electron chi connectivity index (χ3n) is 2.26. The van der Waals surface area contributed by atoms with Crippen LogP contribution in [0.25, 0.3) is 0 Å². The predicted octanol–water partition coefficient (Wildman–Crippen LogP) is -0.340. The van der Waals surface area contributed by atoms with E-state index >= 15 is 0 Å². The van der Waals surface area contributed by atoms with Crippen molar-refractivity contribution >= 4 is 11.8 Å². The molecule has 2 atom stereocenters. The second kappa shape index (κ2) is 1.82. The molecule has 11 heavy (non-hydrogen) atoms. The third-order valence-corrected chi connectivity index (χ3v) is 2.26. The first kappa shape index (κ1) is 6.79. The van der Waals surface area contributed by atoms with E-state index in [0.717, 1.165) is 0 Å². The first-order chi connectivity index (χ1) is 5.13. The molecule has 0 aromatic rings. The first-order valence-corrected chi connectivity index (χ1v) is 3.49. The molecule has 4 heteroatoms. The van der Waals surface area contributed by atoms with Gasteiger partial charge in [-0.15, -0.1) is 0 Å². The molecule has 2 rings (SSSR count). The summed E-state index contributed by atoms with van der Waals surface area (Å²) < 4.78 is 9.94. The van der Waals surface area contributed by atoms with E-state index in [-0.39, 0.29) is 30.9 Å². The van der Waals surface area contributed by atoms with Crippen molar-refractivity contribution in [3.63, 3.8) is 0 Å². The second-order valence-corrected chi connectivity index (χ2v) is 3.01. The molecule has 4 nitrogen and oxygen atoms in total. The minimum Gasteiger partial charge on any atom is -0.448 e. The van der Waals surface area contributed by atoms with Crippen LogP contribution in [0, 0.1) is 0 Å². The largest absolute Gasteiger partial charge is 0.448 e. The van der Waals surface area contributed by atoms with Crippen LogP contribution < -0.4 is 0 Å². The van der Waals surface area contributed by atoms with E-state index in [1.807, 2.05) is 0 Å². The number of ketones is 1. The van der Waals surface area contributed by atoms with Gasteiger partial charge in [-0.1, -0.05) is 0 Å². The van der Waals surface area contributed by atoms with E-state index in [1.54, 1.807) is 6.92 Å². The lowest BCUT2D eigenvalue weighted by molar-refractivity contribution is -0.153. The van der Waals surface area contributed by atoms with Crippen molar-refractivity contribution in [1.29, 1.82) is 0 Å². The zero-order valence-electron chi connectivity index (χ0n) is 6.12. The van der Waals surface area contributed by atoms with E-state index < -0.39 is 5.60 Å². The molecule has 0 aromatic carbocycles. The summed E-state index contributed by atoms with van der Waals surface area (Å²) in [5.74, 6) is -0.473. The van der Waals surface area contributed by atoms with Crippen LogP contribution in [0.4, 0.5) is 0 Å². The summed E-state index contributed by atoms with van der Waals surface area (Å²) in [6.45, 7) is 1.69. The zero-order valence-corrected chi connectivity index (χ0v) is 6.12. The van der Waals surface area contributed by atoms with Crippen LogP contribution in [0.3, 0.4) is 0 Å². The summed E-state index contributed by atoms with van der Waals surface area (Å²) in [7, 11) is 0. The number of esters is 1. The van der Waals surface area contributed by atoms with Gasteiger partial charge in [-0.25, -0.2) is 0 Å². The van der Waals surface area contributed by atoms with E-state index in [2.05, 4.69) is 0 Å². The Morgan fingerprint density at radius 2 is 2.27 bits per heavy atom. The fourth-order valence-electron chi connectivity index (χ4n) is 1.46. The van der Waals surface area contributed by atoms with Crippen molar-refractivity contribution in [1.82, 2.24) is 0 Å². The molecule has 0 saturated carbocycles. The molecular formula is C7H8O4. The molecule has 0 aromatic heterocycles. The van der Waals surface area contributed by atoms with Gasteiger partial charge in [0.05, 0.1) is 6.42 Å². The highest BCUT2D eigenvalue weighted by Crippen LogP contribution is 2.34. The number of ether oxygens (including phenoxy) is 2. The Morgan fingerprint density at radius 1 is 1.55 bits per heavy atom. The van der Waals surface area contributed by atoms with Crippen LogP contribution >= 0.6 is 0 Å². The Kier molecular flexibility index (Phi) is 1.12. The van der Waals surface area contributed by atoms with Gasteiger partial charge < -0.3 is 9.47 Å². The summed E-state index contributed by atoms with van der Waals surface area (Å²) in [4.78, 5) is 21.9. The van der Waals surface area contributed by atoms with Crippen molar-refractivity contribution in [2.75, 3.05) is 6.61 Å². The predicted molar refractivity (Wildman–Crippen MR) is 33.9 cm³/mol. The number of rotatable bonds is 0. The lowest BCUT2D eigenvalue weighted by Gasteiger charge is -2.17. The van der Waals surface area contributed by atoms with Gasteiger partial charge in [-0.2, -0.15) is 0 Å². The standard InChI is InChI=1S/C7H8O4/c1-7-4(8)3-10-5(7)2-6(9)11-7/h5H,2-3H2,1H3/t5-,7-/m1/s1. The molecule has 0 bridgehead atoms. The third kappa shape index (κ3) is 0.728. The minimum atomic E-state index is -0.975. The summed E-state index contributed by atoms with van der Waals surface area (Å²) >= 11 is 0. The highest BCUT2D eigenvalue weighted by molar-refractivity contribution is 5.95. The Labute approximate surface area is 63.5 Å². The average Bonchev–Trinajstić information content (AvgIpc) is 2.32. The summed E-state index contributed by atoms with van der Waals surface area (Å²) in [5, 5.41) is 0. The fourth-order valence-corrected chi connectivity index (χ4v) is 1.46. The minimum absolute atomic E-state index is 0.0778. The molecule has 2 heterocycles. The number of carbonyl (C=O) groups is 2. The first-order valence-electron chi connectivity index (χ1n) is 3.49. The number of hydrogen-bond donors (Lipinski definition) is 0. The van der Waals surface area contributed by atoms with Crippen LogP contribution in [0.1, 0.15) is 13.3 Å². The second-order valence-electron chi connectivity index (χ2n) is 3.01. The average molecular weight is 156 g/mol. The van der Waals surface area contributed by atoms with E-state index in [4.69, 9.17) is 9.47 Å². The van der Waals surface area contributed by atoms with Gasteiger partial charge >= 0.3 is 5.97 Å². The van der Waals surface area contributed by atoms with Crippen molar-refractivity contribution in [3.8, 4) is 0 Å². The molecule has 60 valence electrons. The molecule has 0 spiro atoms. The van der Waals surface area contributed by atoms with Crippen molar-refractivity contribution < 1.29 is 19.1 Å². The summed E-state index contributed by atoms with van der Waals surface area (Å²) in [6.07, 6.45) is -0.134. The SMILES string of the molecule is C[C@]12OC(=O)C[C@H]1OCC2=O. The fraction of sp³-hybridized carbons (Fsp3) is 0.714. The highest BCUT2D eigenvalue weighted by Gasteiger charge is 2.56. The van der Waals surface area contributed by atoms with E-state index in [9.17, 15) is 9.59 Å². The van der Waals surface area contributed by atoms with Crippen LogP contribution in [0.2, 0.25) is 0 Å². The molecular weight excluding hydrogens is 148 g/mol. The smallest absolute Gasteiger partial charge is 0.309 e. The van der Waals surface area contributed by atoms with Gasteiger partial charge in [0.1, 0.15) is 12.7 Å². The summed E-state index contributed by atoms with van der Waals surface area (Å²) in [6, 6.07) is 0. The normalized spacial score (nSPS) is 42.5. The van der Waals surface area contributed by atoms with E-state index in [0.29, 0.717) is 0 Å². The van der Waals surface area contributed by atoms with Crippen molar-refractivity contribution in [2.24, 2.45) is 0 Å². The molecule has 0 N–H and O–H groups in total. The molecule has 2 aliphatic heterocycles. The zero-order chi connectivity index (χ0) is 8.06. The number of carbonyl (C=O) groups excluding carboxylic acids is 2.